The molecule has 49 heteroatoms. The number of urea groups is 1. The van der Waals surface area contributed by atoms with Crippen molar-refractivity contribution in [2.75, 3.05) is 290 Å². The number of aliphatic hydroxyl groups excluding tert-OH is 11. The van der Waals surface area contributed by atoms with E-state index in [1.807, 2.05) is 21.1 Å². The molecule has 13 atom stereocenters. The van der Waals surface area contributed by atoms with Gasteiger partial charge in [0.15, 0.2) is 0 Å². The van der Waals surface area contributed by atoms with Crippen LogP contribution >= 0.6 is 7.82 Å². The smallest absolute Gasteiger partial charge is 0.312 e. The van der Waals surface area contributed by atoms with Crippen LogP contribution in [0.15, 0.2) is 24.3 Å². The van der Waals surface area contributed by atoms with E-state index in [1.165, 1.54) is 4.90 Å². The minimum Gasteiger partial charge on any atom is -0.756 e. The second-order valence-electron chi connectivity index (χ2n) is 31.8. The zero-order valence-electron chi connectivity index (χ0n) is 77.6. The van der Waals surface area contributed by atoms with E-state index in [-0.39, 0.29) is 156 Å². The Bertz CT molecular complexity index is 3150. The fourth-order valence-electron chi connectivity index (χ4n) is 11.4. The van der Waals surface area contributed by atoms with Crippen molar-refractivity contribution in [1.29, 1.82) is 0 Å². The summed E-state index contributed by atoms with van der Waals surface area (Å²) >= 11 is 0. The molecule has 0 aliphatic carbocycles. The minimum atomic E-state index is -4.65. The third kappa shape index (κ3) is 67.1. The van der Waals surface area contributed by atoms with Crippen molar-refractivity contribution in [2.45, 2.75) is 152 Å². The highest BCUT2D eigenvalue weighted by molar-refractivity contribution is 7.45. The van der Waals surface area contributed by atoms with Crippen molar-refractivity contribution in [2.24, 2.45) is 17.6 Å². The number of amides is 9. The quantitative estimate of drug-likeness (QED) is 0.0164. The first-order valence-corrected chi connectivity index (χ1v) is 46.2. The number of benzene rings is 1. The van der Waals surface area contributed by atoms with Crippen LogP contribution in [0.5, 0.6) is 0 Å². The predicted octanol–water partition coefficient (Wildman–Crippen LogP) is -6.99. The molecule has 0 fully saturated rings. The number of likely N-dealkylation sites (N-methyl/N-ethyl adjacent to an activating group) is 1. The number of nitrogens with two attached hydrogens (primary N) is 1. The Morgan fingerprint density at radius 1 is 0.409 bits per heavy atom. The van der Waals surface area contributed by atoms with E-state index in [9.17, 15) is 93.8 Å². The zero-order chi connectivity index (χ0) is 98.0. The number of carbonyl (C=O) groups excluding carboxylic acids is 8. The molecule has 0 aromatic heterocycles. The van der Waals surface area contributed by atoms with Crippen LogP contribution in [-0.2, 0) is 120 Å². The molecule has 1 aromatic carbocycles. The Morgan fingerprint density at radius 3 is 1.23 bits per heavy atom. The average Bonchev–Trinajstić information content (AvgIpc) is 0.850. The van der Waals surface area contributed by atoms with Crippen LogP contribution in [0.2, 0.25) is 0 Å². The van der Waals surface area contributed by atoms with E-state index in [2.05, 4.69) is 47.1 Å². The number of nitrogens with zero attached hydrogens (tertiary/aromatic N) is 2. The molecule has 0 bridgehead atoms. The summed E-state index contributed by atoms with van der Waals surface area (Å²) in [7, 11) is 0.937. The van der Waals surface area contributed by atoms with Crippen LogP contribution in [0.1, 0.15) is 84.1 Å². The van der Waals surface area contributed by atoms with Crippen molar-refractivity contribution >= 4 is 60.9 Å². The maximum atomic E-state index is 14.3. The van der Waals surface area contributed by atoms with Crippen LogP contribution in [0, 0.1) is 11.8 Å². The summed E-state index contributed by atoms with van der Waals surface area (Å²) < 4.78 is 98.9. The van der Waals surface area contributed by atoms with Gasteiger partial charge in [-0.25, -0.2) is 4.79 Å². The lowest BCUT2D eigenvalue weighted by molar-refractivity contribution is -0.870. The Labute approximate surface area is 773 Å². The molecule has 770 valence electrons. The van der Waals surface area contributed by atoms with Gasteiger partial charge in [-0.2, -0.15) is 0 Å². The normalized spacial score (nSPS) is 15.1. The van der Waals surface area contributed by atoms with Crippen LogP contribution in [0.3, 0.4) is 0 Å². The number of ether oxygens (including phenoxy) is 14. The Morgan fingerprint density at radius 2 is 0.788 bits per heavy atom. The zero-order valence-corrected chi connectivity index (χ0v) is 78.5. The number of rotatable bonds is 90. The molecule has 0 heterocycles. The monoisotopic (exact) mass is 1930 g/mol. The Hall–Kier alpha value is -6.19. The predicted molar refractivity (Wildman–Crippen MR) is 471 cm³/mol. The fourth-order valence-corrected chi connectivity index (χ4v) is 12.1. The molecule has 0 saturated carbocycles. The molecule has 1 rings (SSSR count). The second kappa shape index (κ2) is 78.8. The standard InChI is InChI=1S/C83H156N11O37P/c1-61(2)74(82(112)91-66(14-11-22-88-83(84)113)80(110)89-64-17-15-63(56-95)16-18-64)92-81(111)65(90-79(109)62(3)12-7-9-21-86-72(103)59-129-53-52-117-27-23-87-73(104)60-131-132(114,115)130-29-25-94(4,5)6)13-8-10-20-85-71(102)19-26-116-30-32-119-34-36-121-38-40-123-42-44-125-46-48-127-50-51-128-49-47-126-45-43-124-41-39-122-37-35-120-33-31-118-28-24-93(54-67(98)75(105)77(107)69(100)57-96)55-68(99)76(106)78(108)70(101)58-97/h15-18,61-62,65-70,74-78,95-101,105-108H,7-14,19-60H2,1-6H3,(H10-,84,85,86,87,88,89,90,91,92,102,103,104,109,110,111,112,113,114,115)/t62-,65-,66-,67-,68-,69+,70+,74-,75+,76+,77+,78+/m0/s1. The second-order valence-corrected chi connectivity index (χ2v) is 33.2. The van der Waals surface area contributed by atoms with Gasteiger partial charge in [-0.15, -0.1) is 0 Å². The van der Waals surface area contributed by atoms with Crippen LogP contribution < -0.4 is 53.2 Å². The van der Waals surface area contributed by atoms with E-state index in [4.69, 9.17) is 86.8 Å². The maximum Gasteiger partial charge on any atom is 0.312 e. The third-order valence-electron chi connectivity index (χ3n) is 19.2. The first-order valence-electron chi connectivity index (χ1n) is 44.8. The van der Waals surface area contributed by atoms with Crippen molar-refractivity contribution in [3.05, 3.63) is 29.8 Å². The number of nitrogens with one attached hydrogen (secondary N) is 8. The Kier molecular flexibility index (Phi) is 73.9. The van der Waals surface area contributed by atoms with Gasteiger partial charge in [0.05, 0.1) is 232 Å². The number of primary amides is 1. The number of hydrogen-bond acceptors (Lipinski definition) is 38. The summed E-state index contributed by atoms with van der Waals surface area (Å²) in [6.07, 6.45) is -11.8. The van der Waals surface area contributed by atoms with Gasteiger partial charge in [-0.1, -0.05) is 39.3 Å². The first-order chi connectivity index (χ1) is 63.1. The number of hydrogen-bond donors (Lipinski definition) is 20. The Balaban J connectivity index is 2.35. The summed E-state index contributed by atoms with van der Waals surface area (Å²) in [6.45, 7) is 9.88. The largest absolute Gasteiger partial charge is 0.756 e. The number of carbonyl (C=O) groups is 8. The van der Waals surface area contributed by atoms with Gasteiger partial charge >= 0.3 is 6.03 Å². The molecule has 1 aromatic rings. The summed E-state index contributed by atoms with van der Waals surface area (Å²) in [5, 5.41) is 130. The van der Waals surface area contributed by atoms with Crippen LogP contribution in [0.25, 0.3) is 0 Å². The molecule has 21 N–H and O–H groups in total. The van der Waals surface area contributed by atoms with E-state index in [1.54, 1.807) is 45.0 Å². The van der Waals surface area contributed by atoms with Crippen molar-refractivity contribution < 1.29 is 184 Å². The van der Waals surface area contributed by atoms with Crippen molar-refractivity contribution in [1.82, 2.24) is 42.1 Å². The SMILES string of the molecule is CC(C)[C@H](NC(=O)[C@H](CCCCNC(=O)CCOCCOCCOCCOCCOCCOCCOCCOCCOCCOCCOCCOCCN(C[C@H](O)[C@@H](O)[C@H](O)[C@H](O)CO)C[C@H](O)[C@@H](O)[C@H](O)[C@H](O)CO)NC(=O)[C@@H](C)CCCCNC(=O)COCCOCCNC(=O)COP(=O)([O-])OCC[N+](C)(C)C)C(=O)N[C@@H](CCCNC(N)=O)C(=O)Nc1ccc(CO)cc1. The summed E-state index contributed by atoms with van der Waals surface area (Å²) in [4.78, 5) is 118. The maximum absolute atomic E-state index is 14.3. The van der Waals surface area contributed by atoms with E-state index >= 15 is 0 Å². The van der Waals surface area contributed by atoms with Gasteiger partial charge in [0.2, 0.25) is 41.4 Å². The molecule has 9 amide bonds. The highest BCUT2D eigenvalue weighted by Crippen LogP contribution is 2.37. The van der Waals surface area contributed by atoms with Gasteiger partial charge in [-0.05, 0) is 68.6 Å². The number of unbranched alkanes of at least 4 members (excludes halogenated alkanes) is 2. The third-order valence-corrected chi connectivity index (χ3v) is 20.1. The molecule has 0 saturated heterocycles. The molecule has 0 aliphatic heterocycles. The molecule has 1 unspecified atom stereocenters. The molecule has 0 radical (unpaired) electrons. The molecule has 48 nitrogen and oxygen atoms in total. The number of phosphoric ester groups is 1. The van der Waals surface area contributed by atoms with Crippen molar-refractivity contribution in [3.63, 3.8) is 0 Å². The van der Waals surface area contributed by atoms with Crippen molar-refractivity contribution in [3.8, 4) is 0 Å². The van der Waals surface area contributed by atoms with E-state index in [0.717, 1.165) is 0 Å². The van der Waals surface area contributed by atoms with Gasteiger partial charge in [-0.3, -0.25) is 43.0 Å². The van der Waals surface area contributed by atoms with Crippen LogP contribution in [0.4, 0.5) is 10.5 Å². The molecule has 132 heavy (non-hydrogen) atoms. The van der Waals surface area contributed by atoms with Gasteiger partial charge in [0.25, 0.3) is 7.82 Å². The summed E-state index contributed by atoms with van der Waals surface area (Å²) in [5.74, 6) is -4.82. The lowest BCUT2D eigenvalue weighted by Crippen LogP contribution is -2.58. The van der Waals surface area contributed by atoms with Gasteiger partial charge in [0, 0.05) is 63.8 Å². The topological polar surface area (TPSA) is 672 Å². The van der Waals surface area contributed by atoms with E-state index < -0.39 is 155 Å². The summed E-state index contributed by atoms with van der Waals surface area (Å²) in [6, 6.07) is 2.19. The highest BCUT2D eigenvalue weighted by Gasteiger charge is 2.36. The number of aliphatic hydroxyl groups is 11. The average molecular weight is 1930 g/mol. The molecule has 0 spiro atoms. The highest BCUT2D eigenvalue weighted by atomic mass is 31.2. The summed E-state index contributed by atoms with van der Waals surface area (Å²) in [5.41, 5.74) is 6.24. The van der Waals surface area contributed by atoms with Crippen LogP contribution in [-0.4, -0.2) is 465 Å². The fraction of sp³-hybridized carbons (Fsp3) is 0.831. The number of quaternary nitrogens is 1. The molecular formula is C83H156N11O37P. The lowest BCUT2D eigenvalue weighted by atomic mass is 9.99. The first kappa shape index (κ1) is 124. The van der Waals surface area contributed by atoms with E-state index in [0.29, 0.717) is 167 Å². The number of anilines is 1. The molecule has 0 aliphatic rings. The molecular weight excluding hydrogens is 1770 g/mol. The minimum absolute atomic E-state index is 0.00313. The van der Waals surface area contributed by atoms with Gasteiger partial charge < -0.3 is 189 Å². The van der Waals surface area contributed by atoms with Gasteiger partial charge in [0.1, 0.15) is 81.1 Å². The number of phosphoric acid groups is 1. The lowest BCUT2D eigenvalue weighted by Gasteiger charge is -2.33.